The number of hydrogen-bond donors (Lipinski definition) is 0. The number of likely N-dealkylation sites (N-methyl/N-ethyl adjacent to an activating group) is 1. The van der Waals surface area contributed by atoms with Gasteiger partial charge in [0.05, 0.1) is 19.8 Å². The first-order chi connectivity index (χ1) is 9.73. The van der Waals surface area contributed by atoms with Crippen molar-refractivity contribution in [3.8, 4) is 0 Å². The van der Waals surface area contributed by atoms with Gasteiger partial charge in [-0.25, -0.2) is 0 Å². The van der Waals surface area contributed by atoms with Crippen molar-refractivity contribution in [2.24, 2.45) is 0 Å². The molecule has 0 aromatic carbocycles. The van der Waals surface area contributed by atoms with Crippen LogP contribution >= 0.6 is 0 Å². The molecular weight excluding hydrogens is 244 g/mol. The first kappa shape index (κ1) is 15.0. The molecule has 0 spiro atoms. The zero-order valence-electron chi connectivity index (χ0n) is 12.9. The van der Waals surface area contributed by atoms with E-state index in [1.54, 1.807) is 0 Å². The summed E-state index contributed by atoms with van der Waals surface area (Å²) >= 11 is 0. The van der Waals surface area contributed by atoms with Crippen molar-refractivity contribution < 1.29 is 4.48 Å². The van der Waals surface area contributed by atoms with Crippen LogP contribution in [0.2, 0.25) is 0 Å². The molecule has 0 aliphatic carbocycles. The summed E-state index contributed by atoms with van der Waals surface area (Å²) in [6.45, 7) is 4.62. The van der Waals surface area contributed by atoms with E-state index in [1.807, 2.05) is 12.4 Å². The molecule has 2 heteroatoms. The van der Waals surface area contributed by atoms with E-state index in [0.29, 0.717) is 0 Å². The van der Waals surface area contributed by atoms with Gasteiger partial charge in [0.1, 0.15) is 6.54 Å². The number of quaternary nitrogens is 1. The fourth-order valence-corrected chi connectivity index (χ4v) is 2.70. The lowest BCUT2D eigenvalue weighted by atomic mass is 10.0. The highest BCUT2D eigenvalue weighted by Gasteiger charge is 2.20. The molecule has 0 radical (unpaired) electrons. The summed E-state index contributed by atoms with van der Waals surface area (Å²) in [6, 6.07) is 4.16. The van der Waals surface area contributed by atoms with Crippen molar-refractivity contribution in [3.63, 3.8) is 0 Å². The summed E-state index contributed by atoms with van der Waals surface area (Å²) in [5.41, 5.74) is 2.60. The molecule has 1 aliphatic heterocycles. The third-order valence-corrected chi connectivity index (χ3v) is 4.13. The summed E-state index contributed by atoms with van der Waals surface area (Å²) in [7, 11) is 2.33. The predicted molar refractivity (Wildman–Crippen MR) is 86.0 cm³/mol. The quantitative estimate of drug-likeness (QED) is 0.529. The SMILES string of the molecule is CCCCCCC[N+]1(C)C=CC(c2ccncc2)=CC1. The summed E-state index contributed by atoms with van der Waals surface area (Å²) < 4.78 is 1.04. The fraction of sp³-hybridized carbons (Fsp3) is 0.500. The van der Waals surface area contributed by atoms with E-state index in [4.69, 9.17) is 0 Å². The van der Waals surface area contributed by atoms with E-state index >= 15 is 0 Å². The van der Waals surface area contributed by atoms with Crippen LogP contribution in [0.1, 0.15) is 44.6 Å². The van der Waals surface area contributed by atoms with Crippen LogP contribution in [-0.4, -0.2) is 29.6 Å². The van der Waals surface area contributed by atoms with Gasteiger partial charge >= 0.3 is 0 Å². The van der Waals surface area contributed by atoms with Crippen LogP contribution in [0.3, 0.4) is 0 Å². The smallest absolute Gasteiger partial charge is 0.102 e. The molecular formula is C18H27N2+. The van der Waals surface area contributed by atoms with Gasteiger partial charge in [-0.15, -0.1) is 0 Å². The van der Waals surface area contributed by atoms with E-state index in [0.717, 1.165) is 11.0 Å². The monoisotopic (exact) mass is 271 g/mol. The molecule has 2 nitrogen and oxygen atoms in total. The number of allylic oxidation sites excluding steroid dienone is 2. The van der Waals surface area contributed by atoms with Gasteiger partial charge in [-0.1, -0.05) is 26.2 Å². The maximum absolute atomic E-state index is 4.08. The molecule has 1 unspecified atom stereocenters. The van der Waals surface area contributed by atoms with Gasteiger partial charge in [-0.05, 0) is 48.3 Å². The lowest BCUT2D eigenvalue weighted by molar-refractivity contribution is -0.854. The van der Waals surface area contributed by atoms with E-state index in [1.165, 1.54) is 49.8 Å². The highest BCUT2D eigenvalue weighted by molar-refractivity contribution is 5.73. The second-order valence-electron chi connectivity index (χ2n) is 6.01. The van der Waals surface area contributed by atoms with Crippen LogP contribution < -0.4 is 0 Å². The molecule has 108 valence electrons. The van der Waals surface area contributed by atoms with Gasteiger partial charge in [-0.3, -0.25) is 9.47 Å². The molecule has 20 heavy (non-hydrogen) atoms. The average molecular weight is 271 g/mol. The zero-order valence-corrected chi connectivity index (χ0v) is 12.9. The largest absolute Gasteiger partial charge is 0.296 e. The lowest BCUT2D eigenvalue weighted by Gasteiger charge is -2.32. The summed E-state index contributed by atoms with van der Waals surface area (Å²) in [6.07, 6.45) is 17.5. The first-order valence-electron chi connectivity index (χ1n) is 7.87. The van der Waals surface area contributed by atoms with Crippen LogP contribution in [0.5, 0.6) is 0 Å². The number of pyridine rings is 1. The Balaban J connectivity index is 1.83. The minimum absolute atomic E-state index is 1.04. The molecule has 0 amide bonds. The van der Waals surface area contributed by atoms with Gasteiger partial charge in [0.2, 0.25) is 0 Å². The Hall–Kier alpha value is -1.41. The Morgan fingerprint density at radius 3 is 2.50 bits per heavy atom. The molecule has 1 atom stereocenters. The topological polar surface area (TPSA) is 12.9 Å². The Kier molecular flexibility index (Phi) is 5.54. The van der Waals surface area contributed by atoms with Crippen molar-refractivity contribution in [2.75, 3.05) is 20.1 Å². The average Bonchev–Trinajstić information content (AvgIpc) is 2.49. The molecule has 1 aromatic heterocycles. The van der Waals surface area contributed by atoms with E-state index < -0.39 is 0 Å². The Morgan fingerprint density at radius 1 is 1.10 bits per heavy atom. The third-order valence-electron chi connectivity index (χ3n) is 4.13. The van der Waals surface area contributed by atoms with Gasteiger partial charge in [0, 0.05) is 12.4 Å². The molecule has 0 bridgehead atoms. The Morgan fingerprint density at radius 2 is 1.85 bits per heavy atom. The van der Waals surface area contributed by atoms with Crippen molar-refractivity contribution >= 4 is 5.57 Å². The molecule has 2 rings (SSSR count). The summed E-state index contributed by atoms with van der Waals surface area (Å²) in [5, 5.41) is 0. The van der Waals surface area contributed by atoms with Crippen molar-refractivity contribution in [3.05, 3.63) is 48.4 Å². The first-order valence-corrected chi connectivity index (χ1v) is 7.87. The minimum Gasteiger partial charge on any atom is -0.296 e. The van der Waals surface area contributed by atoms with E-state index in [2.05, 4.69) is 49.4 Å². The van der Waals surface area contributed by atoms with E-state index in [9.17, 15) is 0 Å². The molecule has 0 saturated heterocycles. The predicted octanol–water partition coefficient (Wildman–Crippen LogP) is 4.41. The molecule has 0 fully saturated rings. The summed E-state index contributed by atoms with van der Waals surface area (Å²) in [5.74, 6) is 0. The normalized spacial score (nSPS) is 21.8. The summed E-state index contributed by atoms with van der Waals surface area (Å²) in [4.78, 5) is 4.08. The van der Waals surface area contributed by atoms with Crippen molar-refractivity contribution in [1.29, 1.82) is 0 Å². The van der Waals surface area contributed by atoms with Crippen LogP contribution in [0.25, 0.3) is 5.57 Å². The molecule has 1 aromatic rings. The van der Waals surface area contributed by atoms with Crippen LogP contribution in [0.4, 0.5) is 0 Å². The third kappa shape index (κ3) is 4.31. The van der Waals surface area contributed by atoms with Gasteiger partial charge in [0.15, 0.2) is 0 Å². The van der Waals surface area contributed by atoms with Crippen molar-refractivity contribution in [2.45, 2.75) is 39.0 Å². The second kappa shape index (κ2) is 7.39. The standard InChI is InChI=1S/C18H27N2/c1-3-4-5-6-7-14-20(2)15-10-18(11-16-20)17-8-12-19-13-9-17/h8-13,15H,3-7,14,16H2,1-2H3/q+1. The van der Waals surface area contributed by atoms with Gasteiger partial charge < -0.3 is 0 Å². The molecule has 1 aliphatic rings. The molecule has 0 saturated carbocycles. The highest BCUT2D eigenvalue weighted by Crippen LogP contribution is 2.22. The van der Waals surface area contributed by atoms with Crippen LogP contribution in [0, 0.1) is 0 Å². The maximum Gasteiger partial charge on any atom is 0.102 e. The van der Waals surface area contributed by atoms with E-state index in [-0.39, 0.29) is 0 Å². The Labute approximate surface area is 123 Å². The van der Waals surface area contributed by atoms with Crippen molar-refractivity contribution in [1.82, 2.24) is 4.98 Å². The Bertz CT molecular complexity index is 462. The highest BCUT2D eigenvalue weighted by atomic mass is 15.3. The number of aromatic nitrogens is 1. The minimum atomic E-state index is 1.04. The molecule has 2 heterocycles. The number of nitrogens with zero attached hydrogens (tertiary/aromatic N) is 2. The van der Waals surface area contributed by atoms with Gasteiger partial charge in [-0.2, -0.15) is 0 Å². The lowest BCUT2D eigenvalue weighted by Crippen LogP contribution is -2.40. The molecule has 0 N–H and O–H groups in total. The number of rotatable bonds is 7. The fourth-order valence-electron chi connectivity index (χ4n) is 2.70. The maximum atomic E-state index is 4.08. The zero-order chi connectivity index (χ0) is 14.3. The number of hydrogen-bond acceptors (Lipinski definition) is 1. The second-order valence-corrected chi connectivity index (χ2v) is 6.01. The van der Waals surface area contributed by atoms with Crippen LogP contribution in [0.15, 0.2) is 42.9 Å². The van der Waals surface area contributed by atoms with Gasteiger partial charge in [0.25, 0.3) is 0 Å². The number of unbranched alkanes of at least 4 members (excludes halogenated alkanes) is 4. The van der Waals surface area contributed by atoms with Crippen LogP contribution in [-0.2, 0) is 0 Å².